The molecule has 22 heavy (non-hydrogen) atoms. The van der Waals surface area contributed by atoms with Crippen molar-refractivity contribution >= 4 is 5.71 Å². The second-order valence-corrected chi connectivity index (χ2v) is 6.87. The van der Waals surface area contributed by atoms with Crippen LogP contribution in [0, 0.1) is 17.8 Å². The van der Waals surface area contributed by atoms with E-state index in [0.717, 1.165) is 29.5 Å². The van der Waals surface area contributed by atoms with Gasteiger partial charge in [-0.3, -0.25) is 4.99 Å². The van der Waals surface area contributed by atoms with E-state index < -0.39 is 0 Å². The van der Waals surface area contributed by atoms with Gasteiger partial charge in [-0.05, 0) is 30.9 Å². The molecular formula is C18H24N2O2. The van der Waals surface area contributed by atoms with E-state index in [2.05, 4.69) is 11.0 Å². The summed E-state index contributed by atoms with van der Waals surface area (Å²) < 4.78 is 10.8. The Morgan fingerprint density at radius 3 is 2.50 bits per heavy atom. The van der Waals surface area contributed by atoms with E-state index in [-0.39, 0.29) is 0 Å². The molecule has 0 N–H and O–H groups in total. The Bertz CT molecular complexity index is 567. The normalized spacial score (nSPS) is 32.2. The van der Waals surface area contributed by atoms with Crippen molar-refractivity contribution in [3.05, 3.63) is 23.8 Å². The highest BCUT2D eigenvalue weighted by atomic mass is 16.5. The summed E-state index contributed by atoms with van der Waals surface area (Å²) >= 11 is 0. The van der Waals surface area contributed by atoms with Gasteiger partial charge in [0.1, 0.15) is 11.5 Å². The van der Waals surface area contributed by atoms with Crippen molar-refractivity contribution in [1.29, 1.82) is 0 Å². The third kappa shape index (κ3) is 2.39. The summed E-state index contributed by atoms with van der Waals surface area (Å²) in [6, 6.07) is 6.00. The Hall–Kier alpha value is -1.55. The molecule has 3 saturated heterocycles. The number of piperidine rings is 3. The van der Waals surface area contributed by atoms with E-state index in [1.165, 1.54) is 38.2 Å². The van der Waals surface area contributed by atoms with E-state index in [4.69, 9.17) is 14.5 Å². The van der Waals surface area contributed by atoms with Gasteiger partial charge < -0.3 is 14.4 Å². The van der Waals surface area contributed by atoms with Gasteiger partial charge in [0.25, 0.3) is 0 Å². The van der Waals surface area contributed by atoms with Crippen LogP contribution in [-0.2, 0) is 6.54 Å². The molecule has 4 nitrogen and oxygen atoms in total. The molecule has 4 fully saturated rings. The van der Waals surface area contributed by atoms with Crippen molar-refractivity contribution in [3.8, 4) is 11.5 Å². The predicted molar refractivity (Wildman–Crippen MR) is 86.8 cm³/mol. The van der Waals surface area contributed by atoms with Crippen LogP contribution in [0.25, 0.3) is 0 Å². The van der Waals surface area contributed by atoms with Crippen LogP contribution in [-0.4, -0.2) is 44.5 Å². The van der Waals surface area contributed by atoms with Crippen LogP contribution in [0.2, 0.25) is 0 Å². The molecular weight excluding hydrogens is 276 g/mol. The van der Waals surface area contributed by atoms with Gasteiger partial charge in [-0.1, -0.05) is 0 Å². The second kappa shape index (κ2) is 5.58. The zero-order valence-electron chi connectivity index (χ0n) is 13.4. The molecule has 0 spiro atoms. The van der Waals surface area contributed by atoms with Crippen LogP contribution in [0.5, 0.6) is 11.5 Å². The topological polar surface area (TPSA) is 34.1 Å². The van der Waals surface area contributed by atoms with E-state index in [9.17, 15) is 0 Å². The monoisotopic (exact) mass is 300 g/mol. The first-order valence-electron chi connectivity index (χ1n) is 8.24. The minimum absolute atomic E-state index is 0.704. The molecule has 5 rings (SSSR count). The summed E-state index contributed by atoms with van der Waals surface area (Å²) in [6.07, 6.45) is 2.71. The minimum Gasteiger partial charge on any atom is -0.497 e. The quantitative estimate of drug-likeness (QED) is 0.857. The van der Waals surface area contributed by atoms with Crippen molar-refractivity contribution in [3.63, 3.8) is 0 Å². The number of aliphatic imine (C=N–C) groups is 1. The summed E-state index contributed by atoms with van der Waals surface area (Å²) in [5, 5.41) is 0. The molecule has 4 heteroatoms. The molecule has 2 unspecified atom stereocenters. The molecule has 3 aliphatic heterocycles. The molecule has 4 bridgehead atoms. The average molecular weight is 300 g/mol. The van der Waals surface area contributed by atoms with Crippen molar-refractivity contribution in [2.75, 3.05) is 33.9 Å². The van der Waals surface area contributed by atoms with Gasteiger partial charge in [-0.2, -0.15) is 0 Å². The highest BCUT2D eigenvalue weighted by Crippen LogP contribution is 2.41. The SMILES string of the molecule is COc1ccc(CN=C2C3CC4CC2CN(C4)C3)c(OC)c1. The van der Waals surface area contributed by atoms with Crippen LogP contribution in [0.4, 0.5) is 0 Å². The van der Waals surface area contributed by atoms with Crippen molar-refractivity contribution in [2.45, 2.75) is 19.4 Å². The Balaban J connectivity index is 1.54. The Morgan fingerprint density at radius 1 is 1.09 bits per heavy atom. The number of ether oxygens (including phenoxy) is 2. The number of hydrogen-bond acceptors (Lipinski definition) is 4. The fraction of sp³-hybridized carbons (Fsp3) is 0.611. The first-order chi connectivity index (χ1) is 10.8. The second-order valence-electron chi connectivity index (χ2n) is 6.87. The van der Waals surface area contributed by atoms with Crippen LogP contribution in [0.1, 0.15) is 18.4 Å². The molecule has 1 aliphatic carbocycles. The Morgan fingerprint density at radius 2 is 1.86 bits per heavy atom. The first kappa shape index (κ1) is 14.1. The molecule has 0 amide bonds. The number of rotatable bonds is 4. The standard InChI is InChI=1S/C18H24N2O2/c1-21-16-4-3-13(17(7-16)22-2)8-19-18-14-5-12-6-15(18)11-20(9-12)10-14/h3-4,7,12,14-15H,5-6,8-11H2,1-2H3. The Kier molecular flexibility index (Phi) is 3.57. The zero-order valence-corrected chi connectivity index (χ0v) is 13.4. The summed E-state index contributed by atoms with van der Waals surface area (Å²) in [5.74, 6) is 4.03. The lowest BCUT2D eigenvalue weighted by Gasteiger charge is -2.52. The lowest BCUT2D eigenvalue weighted by Crippen LogP contribution is -2.58. The zero-order chi connectivity index (χ0) is 15.1. The maximum atomic E-state index is 5.49. The first-order valence-corrected chi connectivity index (χ1v) is 8.24. The third-order valence-corrected chi connectivity index (χ3v) is 5.47. The largest absolute Gasteiger partial charge is 0.497 e. The predicted octanol–water partition coefficient (Wildman–Crippen LogP) is 2.62. The summed E-state index contributed by atoms with van der Waals surface area (Å²) in [5.41, 5.74) is 2.62. The maximum absolute atomic E-state index is 5.49. The van der Waals surface area contributed by atoms with Crippen molar-refractivity contribution in [1.82, 2.24) is 4.90 Å². The molecule has 1 saturated carbocycles. The molecule has 4 aliphatic rings. The number of benzene rings is 1. The molecule has 0 aromatic heterocycles. The minimum atomic E-state index is 0.704. The van der Waals surface area contributed by atoms with Crippen LogP contribution >= 0.6 is 0 Å². The van der Waals surface area contributed by atoms with E-state index in [1.54, 1.807) is 14.2 Å². The molecule has 2 atom stereocenters. The molecule has 0 radical (unpaired) electrons. The lowest BCUT2D eigenvalue weighted by molar-refractivity contribution is 0.0566. The fourth-order valence-corrected chi connectivity index (χ4v) is 4.59. The fourth-order valence-electron chi connectivity index (χ4n) is 4.59. The number of methoxy groups -OCH3 is 2. The maximum Gasteiger partial charge on any atom is 0.127 e. The van der Waals surface area contributed by atoms with E-state index in [0.29, 0.717) is 11.8 Å². The Labute approximate surface area is 132 Å². The molecule has 1 aromatic rings. The van der Waals surface area contributed by atoms with Gasteiger partial charge in [0.05, 0.1) is 20.8 Å². The van der Waals surface area contributed by atoms with Gasteiger partial charge >= 0.3 is 0 Å². The highest BCUT2D eigenvalue weighted by Gasteiger charge is 2.44. The van der Waals surface area contributed by atoms with Crippen LogP contribution < -0.4 is 9.47 Å². The van der Waals surface area contributed by atoms with Gasteiger partial charge in [0.2, 0.25) is 0 Å². The van der Waals surface area contributed by atoms with Crippen LogP contribution in [0.3, 0.4) is 0 Å². The number of hydrogen-bond donors (Lipinski definition) is 0. The van der Waals surface area contributed by atoms with Crippen molar-refractivity contribution < 1.29 is 9.47 Å². The number of nitrogens with zero attached hydrogens (tertiary/aromatic N) is 2. The summed E-state index contributed by atoms with van der Waals surface area (Å²) in [7, 11) is 3.39. The molecule has 3 heterocycles. The smallest absolute Gasteiger partial charge is 0.127 e. The van der Waals surface area contributed by atoms with Gasteiger partial charge in [0, 0.05) is 48.8 Å². The van der Waals surface area contributed by atoms with Gasteiger partial charge in [-0.25, -0.2) is 0 Å². The lowest BCUT2D eigenvalue weighted by atomic mass is 9.67. The van der Waals surface area contributed by atoms with Crippen LogP contribution in [0.15, 0.2) is 23.2 Å². The molecule has 1 aromatic carbocycles. The van der Waals surface area contributed by atoms with E-state index >= 15 is 0 Å². The molecule has 118 valence electrons. The van der Waals surface area contributed by atoms with Gasteiger partial charge in [0.15, 0.2) is 0 Å². The summed E-state index contributed by atoms with van der Waals surface area (Å²) in [6.45, 7) is 4.50. The summed E-state index contributed by atoms with van der Waals surface area (Å²) in [4.78, 5) is 7.67. The average Bonchev–Trinajstić information content (AvgIpc) is 2.53. The van der Waals surface area contributed by atoms with Crippen molar-refractivity contribution in [2.24, 2.45) is 22.7 Å². The third-order valence-electron chi connectivity index (χ3n) is 5.47. The van der Waals surface area contributed by atoms with Gasteiger partial charge in [-0.15, -0.1) is 0 Å². The van der Waals surface area contributed by atoms with E-state index in [1.807, 2.05) is 12.1 Å². The highest BCUT2D eigenvalue weighted by molar-refractivity contribution is 5.91.